The molecule has 0 bridgehead atoms. The Labute approximate surface area is 237 Å². The van der Waals surface area contributed by atoms with E-state index >= 15 is 0 Å². The van der Waals surface area contributed by atoms with Gasteiger partial charge in [-0.2, -0.15) is 0 Å². The molecule has 0 N–H and O–H groups in total. The molecule has 4 aromatic carbocycles. The van der Waals surface area contributed by atoms with E-state index in [1.807, 2.05) is 23.1 Å². The van der Waals surface area contributed by atoms with Crippen LogP contribution in [0.25, 0.3) is 10.8 Å². The van der Waals surface area contributed by atoms with Crippen LogP contribution in [0.1, 0.15) is 34.3 Å². The van der Waals surface area contributed by atoms with Gasteiger partial charge in [0.2, 0.25) is 0 Å². The summed E-state index contributed by atoms with van der Waals surface area (Å²) in [5.74, 6) is 2.15. The fourth-order valence-electron chi connectivity index (χ4n) is 5.61. The molecule has 1 amide bonds. The van der Waals surface area contributed by atoms with Crippen molar-refractivity contribution in [2.45, 2.75) is 25.9 Å². The number of rotatable bonds is 10. The summed E-state index contributed by atoms with van der Waals surface area (Å²) in [6, 6.07) is 28.9. The highest BCUT2D eigenvalue weighted by Crippen LogP contribution is 2.32. The van der Waals surface area contributed by atoms with E-state index in [1.165, 1.54) is 21.9 Å². The normalized spacial score (nSPS) is 15.3. The summed E-state index contributed by atoms with van der Waals surface area (Å²) in [5, 5.41) is 2.59. The predicted molar refractivity (Wildman–Crippen MR) is 159 cm³/mol. The summed E-state index contributed by atoms with van der Waals surface area (Å²) < 4.78 is 17.0. The first-order chi connectivity index (χ1) is 19.6. The van der Waals surface area contributed by atoms with E-state index in [-0.39, 0.29) is 11.8 Å². The van der Waals surface area contributed by atoms with Crippen LogP contribution in [0, 0.1) is 5.92 Å². The number of carbonyl (C=O) groups is 1. The number of piperidine rings is 1. The van der Waals surface area contributed by atoms with E-state index in [2.05, 4.69) is 66.5 Å². The fraction of sp³-hybridized carbons (Fsp3) is 0.324. The van der Waals surface area contributed by atoms with Crippen LogP contribution in [-0.2, 0) is 13.1 Å². The van der Waals surface area contributed by atoms with Gasteiger partial charge in [0.15, 0.2) is 11.5 Å². The first kappa shape index (κ1) is 27.5. The van der Waals surface area contributed by atoms with Gasteiger partial charge < -0.3 is 19.1 Å². The zero-order valence-corrected chi connectivity index (χ0v) is 23.6. The lowest BCUT2D eigenvalue weighted by atomic mass is 9.98. The third kappa shape index (κ3) is 6.40. The lowest BCUT2D eigenvalue weighted by Crippen LogP contribution is -2.41. The Morgan fingerprint density at radius 3 is 2.48 bits per heavy atom. The Balaban J connectivity index is 1.14. The van der Waals surface area contributed by atoms with Gasteiger partial charge in [-0.3, -0.25) is 9.69 Å². The van der Waals surface area contributed by atoms with E-state index in [4.69, 9.17) is 14.2 Å². The lowest BCUT2D eigenvalue weighted by molar-refractivity contribution is 0.0629. The van der Waals surface area contributed by atoms with Crippen molar-refractivity contribution in [3.8, 4) is 17.2 Å². The van der Waals surface area contributed by atoms with Crippen molar-refractivity contribution in [3.63, 3.8) is 0 Å². The molecule has 1 aliphatic heterocycles. The summed E-state index contributed by atoms with van der Waals surface area (Å²) in [5.41, 5.74) is 3.12. The number of methoxy groups -OCH3 is 2. The van der Waals surface area contributed by atoms with E-state index in [0.29, 0.717) is 30.2 Å². The summed E-state index contributed by atoms with van der Waals surface area (Å²) in [6.45, 7) is 3.72. The number of amides is 1. The maximum Gasteiger partial charge on any atom is 0.257 e. The van der Waals surface area contributed by atoms with Gasteiger partial charge in [-0.05, 0) is 66.1 Å². The molecule has 0 saturated carbocycles. The fourth-order valence-corrected chi connectivity index (χ4v) is 5.61. The zero-order valence-electron chi connectivity index (χ0n) is 23.6. The van der Waals surface area contributed by atoms with Crippen LogP contribution in [0.3, 0.4) is 0 Å². The molecular formula is C34H38N2O4. The van der Waals surface area contributed by atoms with Gasteiger partial charge in [0.05, 0.1) is 26.4 Å². The van der Waals surface area contributed by atoms with Crippen molar-refractivity contribution in [2.24, 2.45) is 5.92 Å². The summed E-state index contributed by atoms with van der Waals surface area (Å²) in [7, 11) is 5.30. The van der Waals surface area contributed by atoms with E-state index < -0.39 is 0 Å². The van der Waals surface area contributed by atoms with Crippen LogP contribution in [0.5, 0.6) is 17.2 Å². The maximum absolute atomic E-state index is 13.3. The monoisotopic (exact) mass is 538 g/mol. The van der Waals surface area contributed by atoms with Gasteiger partial charge in [-0.15, -0.1) is 0 Å². The minimum Gasteiger partial charge on any atom is -0.493 e. The number of para-hydroxylation sites is 1. The number of hydrogen-bond donors (Lipinski definition) is 0. The molecular weight excluding hydrogens is 500 g/mol. The van der Waals surface area contributed by atoms with Crippen molar-refractivity contribution >= 4 is 16.7 Å². The Bertz CT molecular complexity index is 1430. The smallest absolute Gasteiger partial charge is 0.257 e. The molecule has 0 radical (unpaired) electrons. The Hall–Kier alpha value is -4.03. The standard InChI is InChI=1S/C34H38N2O4/c1-35(23-28-12-6-11-27-10-4-5-13-30(27)28)21-25-16-18-29(19-17-25)40-24-26-9-8-20-36(22-26)34(37)31-14-7-15-32(38-2)33(31)39-3/h4-7,10-19,26H,8-9,20-24H2,1-3H3. The Kier molecular flexibility index (Phi) is 8.87. The Morgan fingerprint density at radius 2 is 1.68 bits per heavy atom. The molecule has 1 fully saturated rings. The van der Waals surface area contributed by atoms with Gasteiger partial charge in [0.1, 0.15) is 5.75 Å². The average molecular weight is 539 g/mol. The molecule has 1 aliphatic rings. The molecule has 1 saturated heterocycles. The number of fused-ring (bicyclic) bond motifs is 1. The van der Waals surface area contributed by atoms with Gasteiger partial charge in [-0.1, -0.05) is 60.7 Å². The number of ether oxygens (including phenoxy) is 3. The van der Waals surface area contributed by atoms with Crippen LogP contribution in [-0.4, -0.2) is 56.7 Å². The largest absolute Gasteiger partial charge is 0.493 e. The SMILES string of the molecule is COc1cccc(C(=O)N2CCCC(COc3ccc(CN(C)Cc4cccc5ccccc45)cc3)C2)c1OC. The first-order valence-electron chi connectivity index (χ1n) is 13.9. The second-order valence-electron chi connectivity index (χ2n) is 10.6. The van der Waals surface area contributed by atoms with Gasteiger partial charge in [0, 0.05) is 32.1 Å². The van der Waals surface area contributed by atoms with Crippen molar-refractivity contribution in [1.29, 1.82) is 0 Å². The molecule has 4 aromatic rings. The highest BCUT2D eigenvalue weighted by Gasteiger charge is 2.27. The van der Waals surface area contributed by atoms with Crippen LogP contribution in [0.2, 0.25) is 0 Å². The van der Waals surface area contributed by atoms with Crippen molar-refractivity contribution in [3.05, 3.63) is 102 Å². The molecule has 0 spiro atoms. The first-order valence-corrected chi connectivity index (χ1v) is 13.9. The molecule has 5 rings (SSSR count). The molecule has 1 atom stereocenters. The van der Waals surface area contributed by atoms with Crippen molar-refractivity contribution in [1.82, 2.24) is 9.80 Å². The molecule has 208 valence electrons. The molecule has 0 aromatic heterocycles. The van der Waals surface area contributed by atoms with Gasteiger partial charge >= 0.3 is 0 Å². The second kappa shape index (κ2) is 12.9. The van der Waals surface area contributed by atoms with Crippen molar-refractivity contribution < 1.29 is 19.0 Å². The predicted octanol–water partition coefficient (Wildman–Crippen LogP) is 6.42. The molecule has 1 unspecified atom stereocenters. The second-order valence-corrected chi connectivity index (χ2v) is 10.6. The molecule has 0 aliphatic carbocycles. The Morgan fingerprint density at radius 1 is 0.900 bits per heavy atom. The highest BCUT2D eigenvalue weighted by atomic mass is 16.5. The maximum atomic E-state index is 13.3. The molecule has 6 heteroatoms. The minimum atomic E-state index is -0.0302. The van der Waals surface area contributed by atoms with Crippen LogP contribution in [0.4, 0.5) is 0 Å². The highest BCUT2D eigenvalue weighted by molar-refractivity contribution is 5.98. The van der Waals surface area contributed by atoms with Crippen molar-refractivity contribution in [2.75, 3.05) is 41.0 Å². The summed E-state index contributed by atoms with van der Waals surface area (Å²) >= 11 is 0. The van der Waals surface area contributed by atoms with Crippen LogP contribution in [0.15, 0.2) is 84.9 Å². The third-order valence-corrected chi connectivity index (χ3v) is 7.62. The molecule has 6 nitrogen and oxygen atoms in total. The third-order valence-electron chi connectivity index (χ3n) is 7.62. The topological polar surface area (TPSA) is 51.2 Å². The van der Waals surface area contributed by atoms with E-state index in [9.17, 15) is 4.79 Å². The number of carbonyl (C=O) groups excluding carboxylic acids is 1. The number of likely N-dealkylation sites (tertiary alicyclic amines) is 1. The summed E-state index contributed by atoms with van der Waals surface area (Å²) in [4.78, 5) is 17.6. The summed E-state index contributed by atoms with van der Waals surface area (Å²) in [6.07, 6.45) is 1.99. The molecule has 40 heavy (non-hydrogen) atoms. The zero-order chi connectivity index (χ0) is 27.9. The van der Waals surface area contributed by atoms with Crippen LogP contribution < -0.4 is 14.2 Å². The van der Waals surface area contributed by atoms with Gasteiger partial charge in [-0.25, -0.2) is 0 Å². The quantitative estimate of drug-likeness (QED) is 0.233. The lowest BCUT2D eigenvalue weighted by Gasteiger charge is -2.33. The minimum absolute atomic E-state index is 0.0302. The van der Waals surface area contributed by atoms with Gasteiger partial charge in [0.25, 0.3) is 5.91 Å². The molecule has 1 heterocycles. The average Bonchev–Trinajstić information content (AvgIpc) is 3.00. The van der Waals surface area contributed by atoms with Crippen LogP contribution >= 0.6 is 0 Å². The van der Waals surface area contributed by atoms with E-state index in [1.54, 1.807) is 26.4 Å². The number of hydrogen-bond acceptors (Lipinski definition) is 5. The van der Waals surface area contributed by atoms with E-state index in [0.717, 1.165) is 38.2 Å². The number of benzene rings is 4. The number of nitrogens with zero attached hydrogens (tertiary/aromatic N) is 2.